The molecule has 5 rings (SSSR count). The van der Waals surface area contributed by atoms with E-state index in [4.69, 9.17) is 4.74 Å². The molecule has 0 aromatic heterocycles. The Balaban J connectivity index is 1.31. The Morgan fingerprint density at radius 2 is 1.66 bits per heavy atom. The third kappa shape index (κ3) is 2.96. The second kappa shape index (κ2) is 6.83. The number of Topliss-reactive ketones (excluding diaryl/α,β-unsaturated/α-hetero) is 1. The van der Waals surface area contributed by atoms with Crippen molar-refractivity contribution in [2.75, 3.05) is 11.5 Å². The van der Waals surface area contributed by atoms with Crippen molar-refractivity contribution in [3.63, 3.8) is 0 Å². The van der Waals surface area contributed by atoms with Gasteiger partial charge >= 0.3 is 0 Å². The summed E-state index contributed by atoms with van der Waals surface area (Å²) in [7, 11) is 0. The minimum Gasteiger partial charge on any atom is -0.485 e. The fourth-order valence-corrected chi connectivity index (χ4v) is 5.35. The Hall–Kier alpha value is -2.95. The molecule has 4 atom stereocenters. The minimum absolute atomic E-state index is 0.0694. The van der Waals surface area contributed by atoms with Crippen LogP contribution in [0, 0.1) is 30.6 Å². The number of fused-ring (bicyclic) bond motifs is 5. The molecule has 3 fully saturated rings. The van der Waals surface area contributed by atoms with Gasteiger partial charge in [0.2, 0.25) is 11.8 Å². The lowest BCUT2D eigenvalue weighted by Crippen LogP contribution is -2.32. The SMILES string of the molecule is Cc1ccc(C(=O)COc2cccc(N3C(=O)[C@@H]4[C@@H]5CC[C@@H](C5)[C@@H]4C3=O)c2)cc1. The zero-order valence-corrected chi connectivity index (χ0v) is 16.3. The zero-order valence-electron chi connectivity index (χ0n) is 16.3. The van der Waals surface area contributed by atoms with Gasteiger partial charge in [-0.05, 0) is 50.2 Å². The molecule has 1 saturated heterocycles. The second-order valence-electron chi connectivity index (χ2n) is 8.47. The number of amides is 2. The molecule has 1 heterocycles. The number of ketones is 1. The van der Waals surface area contributed by atoms with Crippen molar-refractivity contribution in [2.45, 2.75) is 26.2 Å². The van der Waals surface area contributed by atoms with Crippen LogP contribution in [-0.2, 0) is 9.59 Å². The molecule has 29 heavy (non-hydrogen) atoms. The fraction of sp³-hybridized carbons (Fsp3) is 0.375. The highest BCUT2D eigenvalue weighted by atomic mass is 16.5. The van der Waals surface area contributed by atoms with E-state index in [9.17, 15) is 14.4 Å². The maximum Gasteiger partial charge on any atom is 0.237 e. The average molecular weight is 389 g/mol. The Morgan fingerprint density at radius 3 is 2.31 bits per heavy atom. The van der Waals surface area contributed by atoms with E-state index in [-0.39, 0.29) is 36.0 Å². The molecular formula is C24H23NO4. The third-order valence-electron chi connectivity index (χ3n) is 6.75. The van der Waals surface area contributed by atoms with E-state index >= 15 is 0 Å². The first-order valence-electron chi connectivity index (χ1n) is 10.2. The molecule has 2 saturated carbocycles. The van der Waals surface area contributed by atoms with Crippen molar-refractivity contribution in [1.82, 2.24) is 0 Å². The number of carbonyl (C=O) groups excluding carboxylic acids is 3. The summed E-state index contributed by atoms with van der Waals surface area (Å²) in [6.45, 7) is 1.88. The summed E-state index contributed by atoms with van der Waals surface area (Å²) in [6, 6.07) is 14.3. The number of benzene rings is 2. The Kier molecular flexibility index (Phi) is 4.26. The van der Waals surface area contributed by atoms with Crippen molar-refractivity contribution in [3.8, 4) is 5.75 Å². The van der Waals surface area contributed by atoms with Gasteiger partial charge in [0, 0.05) is 11.6 Å². The van der Waals surface area contributed by atoms with Crippen molar-refractivity contribution >= 4 is 23.3 Å². The highest BCUT2D eigenvalue weighted by molar-refractivity contribution is 6.22. The lowest BCUT2D eigenvalue weighted by molar-refractivity contribution is -0.123. The van der Waals surface area contributed by atoms with E-state index < -0.39 is 0 Å². The van der Waals surface area contributed by atoms with Gasteiger partial charge in [-0.2, -0.15) is 0 Å². The smallest absolute Gasteiger partial charge is 0.237 e. The van der Waals surface area contributed by atoms with Crippen molar-refractivity contribution in [1.29, 1.82) is 0 Å². The lowest BCUT2D eigenvalue weighted by Gasteiger charge is -2.19. The molecular weight excluding hydrogens is 366 g/mol. The third-order valence-corrected chi connectivity index (χ3v) is 6.75. The molecule has 3 aliphatic rings. The predicted molar refractivity (Wildman–Crippen MR) is 108 cm³/mol. The number of carbonyl (C=O) groups is 3. The molecule has 2 bridgehead atoms. The Labute approximate surface area is 169 Å². The highest BCUT2D eigenvalue weighted by Gasteiger charge is 2.61. The number of rotatable bonds is 5. The van der Waals surface area contributed by atoms with Gasteiger partial charge in [-0.25, -0.2) is 4.90 Å². The molecule has 2 aromatic rings. The molecule has 0 unspecified atom stereocenters. The largest absolute Gasteiger partial charge is 0.485 e. The molecule has 148 valence electrons. The van der Waals surface area contributed by atoms with Crippen LogP contribution in [0.1, 0.15) is 35.2 Å². The van der Waals surface area contributed by atoms with E-state index in [1.807, 2.05) is 19.1 Å². The van der Waals surface area contributed by atoms with Gasteiger partial charge in [0.05, 0.1) is 17.5 Å². The van der Waals surface area contributed by atoms with Gasteiger partial charge in [0.1, 0.15) is 5.75 Å². The van der Waals surface area contributed by atoms with Crippen molar-refractivity contribution in [3.05, 3.63) is 59.7 Å². The summed E-state index contributed by atoms with van der Waals surface area (Å²) in [5, 5.41) is 0. The van der Waals surface area contributed by atoms with Crippen LogP contribution in [0.25, 0.3) is 0 Å². The minimum atomic E-state index is -0.145. The number of aryl methyl sites for hydroxylation is 1. The van der Waals surface area contributed by atoms with E-state index in [1.54, 1.807) is 36.4 Å². The van der Waals surface area contributed by atoms with Gasteiger partial charge in [0.15, 0.2) is 12.4 Å². The van der Waals surface area contributed by atoms with E-state index in [1.165, 1.54) is 4.90 Å². The normalized spacial score (nSPS) is 27.4. The van der Waals surface area contributed by atoms with E-state index in [0.29, 0.717) is 28.8 Å². The van der Waals surface area contributed by atoms with Crippen LogP contribution in [0.2, 0.25) is 0 Å². The summed E-state index contributed by atoms with van der Waals surface area (Å²) in [4.78, 5) is 39.7. The molecule has 0 spiro atoms. The lowest BCUT2D eigenvalue weighted by atomic mass is 9.81. The summed E-state index contributed by atoms with van der Waals surface area (Å²) in [5.41, 5.74) is 2.22. The molecule has 0 radical (unpaired) electrons. The zero-order chi connectivity index (χ0) is 20.1. The van der Waals surface area contributed by atoms with E-state index in [0.717, 1.165) is 24.8 Å². The first kappa shape index (κ1) is 18.1. The maximum absolute atomic E-state index is 13.0. The first-order valence-corrected chi connectivity index (χ1v) is 10.2. The molecule has 5 heteroatoms. The molecule has 2 aliphatic carbocycles. The van der Waals surface area contributed by atoms with Gasteiger partial charge in [-0.15, -0.1) is 0 Å². The molecule has 1 aliphatic heterocycles. The summed E-state index contributed by atoms with van der Waals surface area (Å²) in [6.07, 6.45) is 3.14. The van der Waals surface area contributed by atoms with Gasteiger partial charge in [-0.3, -0.25) is 14.4 Å². The molecule has 5 nitrogen and oxygen atoms in total. The molecule has 2 amide bonds. The summed E-state index contributed by atoms with van der Waals surface area (Å²) < 4.78 is 5.67. The van der Waals surface area contributed by atoms with E-state index in [2.05, 4.69) is 0 Å². The number of anilines is 1. The monoisotopic (exact) mass is 389 g/mol. The number of ether oxygens (including phenoxy) is 1. The number of hydrogen-bond acceptors (Lipinski definition) is 4. The molecule has 2 aromatic carbocycles. The van der Waals surface area contributed by atoms with Crippen LogP contribution >= 0.6 is 0 Å². The second-order valence-corrected chi connectivity index (χ2v) is 8.47. The van der Waals surface area contributed by atoms with Crippen LogP contribution in [0.3, 0.4) is 0 Å². The average Bonchev–Trinajstić information content (AvgIpc) is 3.41. The standard InChI is InChI=1S/C24H23NO4/c1-14-5-7-15(8-6-14)20(26)13-29-19-4-2-3-18(12-19)25-23(27)21-16-9-10-17(11-16)22(21)24(25)28/h2-8,12,16-17,21-22H,9-11,13H2,1H3/t16-,17+,21-,22+. The van der Waals surface area contributed by atoms with Crippen LogP contribution in [0.15, 0.2) is 48.5 Å². The highest BCUT2D eigenvalue weighted by Crippen LogP contribution is 2.56. The van der Waals surface area contributed by atoms with Gasteiger partial charge < -0.3 is 4.74 Å². The quantitative estimate of drug-likeness (QED) is 0.577. The Bertz CT molecular complexity index is 968. The summed E-state index contributed by atoms with van der Waals surface area (Å²) >= 11 is 0. The van der Waals surface area contributed by atoms with Gasteiger partial charge in [-0.1, -0.05) is 35.9 Å². The van der Waals surface area contributed by atoms with Crippen LogP contribution in [0.4, 0.5) is 5.69 Å². The number of imide groups is 1. The van der Waals surface area contributed by atoms with Crippen molar-refractivity contribution < 1.29 is 19.1 Å². The first-order chi connectivity index (χ1) is 14.0. The Morgan fingerprint density at radius 1 is 1.00 bits per heavy atom. The van der Waals surface area contributed by atoms with Crippen LogP contribution in [-0.4, -0.2) is 24.2 Å². The van der Waals surface area contributed by atoms with Gasteiger partial charge in [0.25, 0.3) is 0 Å². The van der Waals surface area contributed by atoms with Crippen LogP contribution in [0.5, 0.6) is 5.75 Å². The molecule has 0 N–H and O–H groups in total. The van der Waals surface area contributed by atoms with Crippen molar-refractivity contribution in [2.24, 2.45) is 23.7 Å². The maximum atomic E-state index is 13.0. The topological polar surface area (TPSA) is 63.7 Å². The summed E-state index contributed by atoms with van der Waals surface area (Å²) in [5.74, 6) is 0.650. The van der Waals surface area contributed by atoms with Crippen LogP contribution < -0.4 is 9.64 Å². The predicted octanol–water partition coefficient (Wildman–Crippen LogP) is 3.79. The number of hydrogen-bond donors (Lipinski definition) is 0. The fourth-order valence-electron chi connectivity index (χ4n) is 5.35. The number of nitrogens with zero attached hydrogens (tertiary/aromatic N) is 1.